The van der Waals surface area contributed by atoms with Crippen molar-refractivity contribution in [2.45, 2.75) is 32.4 Å². The number of aromatic amines is 1. The number of H-pyrrole nitrogens is 1. The standard InChI is InChI=1S/C10H14F3N3O/c1-7-8(6-15-16-7)3-2-4-14-9(17)5-10(11,12)13/h6H,2-5H2,1H3,(H,14,17)(H,15,16). The van der Waals surface area contributed by atoms with E-state index < -0.39 is 18.5 Å². The number of nitrogens with one attached hydrogen (secondary N) is 2. The average molecular weight is 249 g/mol. The highest BCUT2D eigenvalue weighted by Gasteiger charge is 2.30. The fraction of sp³-hybridized carbons (Fsp3) is 0.600. The van der Waals surface area contributed by atoms with Gasteiger partial charge in [-0.25, -0.2) is 0 Å². The summed E-state index contributed by atoms with van der Waals surface area (Å²) in [6.45, 7) is 2.10. The second kappa shape index (κ2) is 5.70. The molecule has 0 saturated carbocycles. The Morgan fingerprint density at radius 1 is 1.53 bits per heavy atom. The van der Waals surface area contributed by atoms with E-state index in [-0.39, 0.29) is 6.54 Å². The quantitative estimate of drug-likeness (QED) is 0.780. The Balaban J connectivity index is 2.17. The van der Waals surface area contributed by atoms with Crippen LogP contribution in [0.3, 0.4) is 0 Å². The molecule has 0 unspecified atom stereocenters. The van der Waals surface area contributed by atoms with Crippen LogP contribution in [0.25, 0.3) is 0 Å². The van der Waals surface area contributed by atoms with Crippen LogP contribution >= 0.6 is 0 Å². The molecule has 2 N–H and O–H groups in total. The molecule has 0 bridgehead atoms. The lowest BCUT2D eigenvalue weighted by Crippen LogP contribution is -2.29. The van der Waals surface area contributed by atoms with Crippen LogP contribution in [0.15, 0.2) is 6.20 Å². The minimum absolute atomic E-state index is 0.236. The first-order valence-corrected chi connectivity index (χ1v) is 5.21. The molecular formula is C10H14F3N3O. The number of carbonyl (C=O) groups excluding carboxylic acids is 1. The first-order valence-electron chi connectivity index (χ1n) is 5.21. The van der Waals surface area contributed by atoms with Gasteiger partial charge in [0.05, 0.1) is 6.20 Å². The van der Waals surface area contributed by atoms with Gasteiger partial charge >= 0.3 is 6.18 Å². The lowest BCUT2D eigenvalue weighted by Gasteiger charge is -2.07. The van der Waals surface area contributed by atoms with Crippen molar-refractivity contribution in [2.75, 3.05) is 6.54 Å². The molecule has 0 aliphatic heterocycles. The van der Waals surface area contributed by atoms with Gasteiger partial charge in [-0.2, -0.15) is 18.3 Å². The van der Waals surface area contributed by atoms with Gasteiger partial charge in [0.1, 0.15) is 6.42 Å². The fourth-order valence-corrected chi connectivity index (χ4v) is 1.38. The summed E-state index contributed by atoms with van der Waals surface area (Å²) in [7, 11) is 0. The zero-order chi connectivity index (χ0) is 12.9. The second-order valence-electron chi connectivity index (χ2n) is 3.77. The average Bonchev–Trinajstić information content (AvgIpc) is 2.56. The van der Waals surface area contributed by atoms with Crippen molar-refractivity contribution in [3.8, 4) is 0 Å². The number of amides is 1. The number of hydrogen-bond acceptors (Lipinski definition) is 2. The molecule has 0 radical (unpaired) electrons. The van der Waals surface area contributed by atoms with E-state index in [1.807, 2.05) is 6.92 Å². The van der Waals surface area contributed by atoms with Crippen molar-refractivity contribution >= 4 is 5.91 Å². The monoisotopic (exact) mass is 249 g/mol. The highest BCUT2D eigenvalue weighted by molar-refractivity contribution is 5.76. The number of aryl methyl sites for hydroxylation is 2. The van der Waals surface area contributed by atoms with Crippen molar-refractivity contribution in [3.63, 3.8) is 0 Å². The Kier molecular flexibility index (Phi) is 4.53. The topological polar surface area (TPSA) is 57.8 Å². The maximum atomic E-state index is 11.8. The summed E-state index contributed by atoms with van der Waals surface area (Å²) in [4.78, 5) is 10.8. The SMILES string of the molecule is Cc1[nH]ncc1CCCNC(=O)CC(F)(F)F. The third-order valence-corrected chi connectivity index (χ3v) is 2.24. The minimum atomic E-state index is -4.44. The molecule has 17 heavy (non-hydrogen) atoms. The molecule has 0 aromatic carbocycles. The van der Waals surface area contributed by atoms with Crippen LogP contribution in [-0.2, 0) is 11.2 Å². The molecule has 0 saturated heterocycles. The van der Waals surface area contributed by atoms with Crippen LogP contribution in [0.2, 0.25) is 0 Å². The molecule has 1 amide bonds. The van der Waals surface area contributed by atoms with Gasteiger partial charge in [-0.05, 0) is 25.3 Å². The fourth-order valence-electron chi connectivity index (χ4n) is 1.38. The third kappa shape index (κ3) is 5.37. The van der Waals surface area contributed by atoms with E-state index in [1.165, 1.54) is 0 Å². The zero-order valence-corrected chi connectivity index (χ0v) is 9.40. The molecule has 1 aromatic rings. The van der Waals surface area contributed by atoms with E-state index in [4.69, 9.17) is 0 Å². The predicted molar refractivity (Wildman–Crippen MR) is 55.3 cm³/mol. The molecule has 0 aliphatic carbocycles. The van der Waals surface area contributed by atoms with Crippen molar-refractivity contribution in [2.24, 2.45) is 0 Å². The molecule has 7 heteroatoms. The molecule has 1 aromatic heterocycles. The Morgan fingerprint density at radius 2 is 2.24 bits per heavy atom. The van der Waals surface area contributed by atoms with Gasteiger partial charge in [-0.1, -0.05) is 0 Å². The van der Waals surface area contributed by atoms with Gasteiger partial charge in [0.2, 0.25) is 5.91 Å². The van der Waals surface area contributed by atoms with E-state index >= 15 is 0 Å². The number of halogens is 3. The predicted octanol–water partition coefficient (Wildman–Crippen LogP) is 1.72. The van der Waals surface area contributed by atoms with Crippen LogP contribution in [0.5, 0.6) is 0 Å². The Morgan fingerprint density at radius 3 is 2.76 bits per heavy atom. The smallest absolute Gasteiger partial charge is 0.356 e. The van der Waals surface area contributed by atoms with Gasteiger partial charge in [0.15, 0.2) is 0 Å². The molecule has 1 heterocycles. The van der Waals surface area contributed by atoms with Crippen molar-refractivity contribution < 1.29 is 18.0 Å². The van der Waals surface area contributed by atoms with Gasteiger partial charge in [0, 0.05) is 12.2 Å². The largest absolute Gasteiger partial charge is 0.397 e. The van der Waals surface area contributed by atoms with E-state index in [9.17, 15) is 18.0 Å². The number of nitrogens with zero attached hydrogens (tertiary/aromatic N) is 1. The maximum absolute atomic E-state index is 11.8. The maximum Gasteiger partial charge on any atom is 0.397 e. The highest BCUT2D eigenvalue weighted by Crippen LogP contribution is 2.18. The van der Waals surface area contributed by atoms with Crippen molar-refractivity contribution in [1.82, 2.24) is 15.5 Å². The van der Waals surface area contributed by atoms with Gasteiger partial charge in [-0.15, -0.1) is 0 Å². The lowest BCUT2D eigenvalue weighted by molar-refractivity contribution is -0.153. The summed E-state index contributed by atoms with van der Waals surface area (Å²) in [5.74, 6) is -0.985. The molecular weight excluding hydrogens is 235 g/mol. The highest BCUT2D eigenvalue weighted by atomic mass is 19.4. The number of alkyl halides is 3. The first kappa shape index (κ1) is 13.5. The molecule has 4 nitrogen and oxygen atoms in total. The minimum Gasteiger partial charge on any atom is -0.356 e. The number of hydrogen-bond donors (Lipinski definition) is 2. The molecule has 0 aliphatic rings. The van der Waals surface area contributed by atoms with Gasteiger partial charge in [-0.3, -0.25) is 9.89 Å². The Hall–Kier alpha value is -1.53. The summed E-state index contributed by atoms with van der Waals surface area (Å²) in [6.07, 6.45) is -2.92. The molecule has 96 valence electrons. The van der Waals surface area contributed by atoms with Crippen molar-refractivity contribution in [1.29, 1.82) is 0 Å². The van der Waals surface area contributed by atoms with Crippen LogP contribution in [0.4, 0.5) is 13.2 Å². The number of carbonyl (C=O) groups is 1. The summed E-state index contributed by atoms with van der Waals surface area (Å²) in [6, 6.07) is 0. The van der Waals surface area contributed by atoms with Crippen LogP contribution < -0.4 is 5.32 Å². The van der Waals surface area contributed by atoms with E-state index in [1.54, 1.807) is 6.20 Å². The molecule has 1 rings (SSSR count). The summed E-state index contributed by atoms with van der Waals surface area (Å²) < 4.78 is 35.5. The summed E-state index contributed by atoms with van der Waals surface area (Å²) in [5.41, 5.74) is 1.95. The lowest BCUT2D eigenvalue weighted by atomic mass is 10.1. The van der Waals surface area contributed by atoms with Crippen LogP contribution in [0.1, 0.15) is 24.1 Å². The van der Waals surface area contributed by atoms with Crippen molar-refractivity contribution in [3.05, 3.63) is 17.5 Å². The van der Waals surface area contributed by atoms with Gasteiger partial charge < -0.3 is 5.32 Å². The third-order valence-electron chi connectivity index (χ3n) is 2.24. The Labute approximate surface area is 96.6 Å². The molecule has 0 atom stereocenters. The molecule has 0 fully saturated rings. The second-order valence-corrected chi connectivity index (χ2v) is 3.77. The van der Waals surface area contributed by atoms with E-state index in [0.717, 1.165) is 11.3 Å². The van der Waals surface area contributed by atoms with E-state index in [0.29, 0.717) is 12.8 Å². The zero-order valence-electron chi connectivity index (χ0n) is 9.40. The normalized spacial score (nSPS) is 11.5. The molecule has 0 spiro atoms. The number of rotatable bonds is 5. The number of aromatic nitrogens is 2. The Bertz CT molecular complexity index is 373. The van der Waals surface area contributed by atoms with E-state index in [2.05, 4.69) is 15.5 Å². The first-order chi connectivity index (χ1) is 7.88. The summed E-state index contributed by atoms with van der Waals surface area (Å²) in [5, 5.41) is 8.82. The van der Waals surface area contributed by atoms with Gasteiger partial charge in [0.25, 0.3) is 0 Å². The van der Waals surface area contributed by atoms with Crippen LogP contribution in [0, 0.1) is 6.92 Å². The van der Waals surface area contributed by atoms with Crippen LogP contribution in [-0.4, -0.2) is 28.8 Å². The summed E-state index contributed by atoms with van der Waals surface area (Å²) >= 11 is 0.